The van der Waals surface area contributed by atoms with Crippen molar-refractivity contribution in [2.45, 2.75) is 25.5 Å². The van der Waals surface area contributed by atoms with E-state index in [4.69, 9.17) is 4.74 Å². The van der Waals surface area contributed by atoms with E-state index in [1.807, 2.05) is 12.1 Å². The Labute approximate surface area is 134 Å². The van der Waals surface area contributed by atoms with Crippen molar-refractivity contribution in [1.82, 2.24) is 4.90 Å². The van der Waals surface area contributed by atoms with Crippen LogP contribution >= 0.6 is 0 Å². The van der Waals surface area contributed by atoms with Gasteiger partial charge in [0.05, 0.1) is 6.10 Å². The number of aliphatic hydroxyl groups is 1. The number of aliphatic hydroxyl groups excluding tert-OH is 1. The average Bonchev–Trinajstić information content (AvgIpc) is 2.50. The minimum absolute atomic E-state index is 0.139. The van der Waals surface area contributed by atoms with Crippen molar-refractivity contribution in [2.75, 3.05) is 13.1 Å². The van der Waals surface area contributed by atoms with Crippen molar-refractivity contribution in [1.29, 1.82) is 0 Å². The van der Waals surface area contributed by atoms with Crippen molar-refractivity contribution in [3.63, 3.8) is 0 Å². The Bertz CT molecular complexity index is 632. The molecule has 0 spiro atoms. The first-order chi connectivity index (χ1) is 11.1. The number of piperidine rings is 1. The largest absolute Gasteiger partial charge is 0.457 e. The summed E-state index contributed by atoms with van der Waals surface area (Å²) in [6.07, 6.45) is 1.45. The van der Waals surface area contributed by atoms with E-state index in [0.717, 1.165) is 56.2 Å². The molecule has 0 radical (unpaired) electrons. The molecule has 122 valence electrons. The first kappa shape index (κ1) is 15.9. The molecule has 2 aromatic rings. The van der Waals surface area contributed by atoms with E-state index in [0.29, 0.717) is 5.75 Å². The normalized spacial score (nSPS) is 16.5. The van der Waals surface area contributed by atoms with Crippen molar-refractivity contribution >= 4 is 0 Å². The number of nitrogens with zero attached hydrogens (tertiary/aromatic N) is 1. The summed E-state index contributed by atoms with van der Waals surface area (Å²) in [5.74, 6) is -0.652. The van der Waals surface area contributed by atoms with E-state index < -0.39 is 11.6 Å². The van der Waals surface area contributed by atoms with Crippen LogP contribution in [0, 0.1) is 11.6 Å². The highest BCUT2D eigenvalue weighted by molar-refractivity contribution is 5.33. The van der Waals surface area contributed by atoms with Crippen molar-refractivity contribution in [2.24, 2.45) is 0 Å². The number of hydrogen-bond donors (Lipinski definition) is 1. The lowest BCUT2D eigenvalue weighted by atomic mass is 10.1. The van der Waals surface area contributed by atoms with Crippen LogP contribution in [-0.2, 0) is 6.54 Å². The van der Waals surface area contributed by atoms with E-state index in [-0.39, 0.29) is 11.9 Å². The fourth-order valence-electron chi connectivity index (χ4n) is 2.72. The zero-order valence-corrected chi connectivity index (χ0v) is 12.7. The van der Waals surface area contributed by atoms with Crippen LogP contribution in [0.1, 0.15) is 18.4 Å². The van der Waals surface area contributed by atoms with Gasteiger partial charge >= 0.3 is 0 Å². The molecule has 1 N–H and O–H groups in total. The number of rotatable bonds is 4. The van der Waals surface area contributed by atoms with Gasteiger partial charge in [-0.3, -0.25) is 4.90 Å². The quantitative estimate of drug-likeness (QED) is 0.932. The lowest BCUT2D eigenvalue weighted by Gasteiger charge is -2.29. The van der Waals surface area contributed by atoms with E-state index in [1.54, 1.807) is 12.1 Å². The maximum atomic E-state index is 13.1. The third-order valence-electron chi connectivity index (χ3n) is 3.96. The predicted molar refractivity (Wildman–Crippen MR) is 83.4 cm³/mol. The number of halogens is 2. The molecule has 0 aliphatic carbocycles. The van der Waals surface area contributed by atoms with Gasteiger partial charge in [-0.25, -0.2) is 8.78 Å². The summed E-state index contributed by atoms with van der Waals surface area (Å²) in [5.41, 5.74) is 1.14. The van der Waals surface area contributed by atoms with Gasteiger partial charge in [0.25, 0.3) is 0 Å². The second-order valence-electron chi connectivity index (χ2n) is 5.86. The molecule has 1 heterocycles. The Hall–Kier alpha value is -1.98. The standard InChI is InChI=1S/C18H19F2NO2/c19-14-9-15(20)11-18(10-14)23-17-3-1-13(2-4-17)12-21-7-5-16(22)6-8-21/h1-4,9-11,16,22H,5-8,12H2. The Kier molecular flexibility index (Phi) is 4.88. The molecule has 0 aromatic heterocycles. The van der Waals surface area contributed by atoms with Crippen LogP contribution in [0.15, 0.2) is 42.5 Å². The molecule has 2 aromatic carbocycles. The monoisotopic (exact) mass is 319 g/mol. The van der Waals surface area contributed by atoms with Gasteiger partial charge in [0.15, 0.2) is 0 Å². The zero-order chi connectivity index (χ0) is 16.2. The lowest BCUT2D eigenvalue weighted by Crippen LogP contribution is -2.35. The highest BCUT2D eigenvalue weighted by Gasteiger charge is 2.16. The predicted octanol–water partition coefficient (Wildman–Crippen LogP) is 3.71. The van der Waals surface area contributed by atoms with Crippen LogP contribution in [0.25, 0.3) is 0 Å². The molecular formula is C18H19F2NO2. The van der Waals surface area contributed by atoms with Crippen LogP contribution in [0.4, 0.5) is 8.78 Å². The zero-order valence-electron chi connectivity index (χ0n) is 12.7. The Morgan fingerprint density at radius 1 is 0.957 bits per heavy atom. The summed E-state index contributed by atoms with van der Waals surface area (Å²) in [4.78, 5) is 2.30. The molecule has 0 unspecified atom stereocenters. The van der Waals surface area contributed by atoms with Gasteiger partial charge in [0, 0.05) is 37.8 Å². The molecule has 3 rings (SSSR count). The lowest BCUT2D eigenvalue weighted by molar-refractivity contribution is 0.0792. The van der Waals surface area contributed by atoms with Crippen LogP contribution in [0.2, 0.25) is 0 Å². The molecule has 5 heteroatoms. The third-order valence-corrected chi connectivity index (χ3v) is 3.96. The molecule has 0 bridgehead atoms. The van der Waals surface area contributed by atoms with Gasteiger partial charge in [0.1, 0.15) is 23.1 Å². The van der Waals surface area contributed by atoms with Crippen LogP contribution in [0.3, 0.4) is 0 Å². The Morgan fingerprint density at radius 2 is 1.57 bits per heavy atom. The highest BCUT2D eigenvalue weighted by atomic mass is 19.1. The number of hydrogen-bond acceptors (Lipinski definition) is 3. The molecule has 1 aliphatic rings. The van der Waals surface area contributed by atoms with Crippen molar-refractivity contribution < 1.29 is 18.6 Å². The molecular weight excluding hydrogens is 300 g/mol. The second-order valence-corrected chi connectivity index (χ2v) is 5.86. The smallest absolute Gasteiger partial charge is 0.133 e. The molecule has 1 saturated heterocycles. The van der Waals surface area contributed by atoms with E-state index in [9.17, 15) is 13.9 Å². The van der Waals surface area contributed by atoms with E-state index in [1.165, 1.54) is 0 Å². The second kappa shape index (κ2) is 7.06. The highest BCUT2D eigenvalue weighted by Crippen LogP contribution is 2.24. The average molecular weight is 319 g/mol. The molecule has 23 heavy (non-hydrogen) atoms. The molecule has 1 fully saturated rings. The summed E-state index contributed by atoms with van der Waals surface area (Å²) in [6.45, 7) is 2.60. The molecule has 0 atom stereocenters. The first-order valence-electron chi connectivity index (χ1n) is 7.72. The van der Waals surface area contributed by atoms with Gasteiger partial charge < -0.3 is 9.84 Å². The summed E-state index contributed by atoms with van der Waals surface area (Å²) < 4.78 is 31.8. The minimum atomic E-state index is -0.663. The molecule has 0 amide bonds. The van der Waals surface area contributed by atoms with Gasteiger partial charge in [-0.05, 0) is 30.5 Å². The summed E-state index contributed by atoms with van der Waals surface area (Å²) >= 11 is 0. The number of likely N-dealkylation sites (tertiary alicyclic amines) is 1. The fraction of sp³-hybridized carbons (Fsp3) is 0.333. The SMILES string of the molecule is OC1CCN(Cc2ccc(Oc3cc(F)cc(F)c3)cc2)CC1. The van der Waals surface area contributed by atoms with Crippen molar-refractivity contribution in [3.05, 3.63) is 59.7 Å². The van der Waals surface area contributed by atoms with Crippen LogP contribution in [0.5, 0.6) is 11.5 Å². The van der Waals surface area contributed by atoms with Gasteiger partial charge in [-0.1, -0.05) is 12.1 Å². The van der Waals surface area contributed by atoms with Crippen LogP contribution < -0.4 is 4.74 Å². The molecule has 3 nitrogen and oxygen atoms in total. The third kappa shape index (κ3) is 4.50. The van der Waals surface area contributed by atoms with Gasteiger partial charge in [-0.2, -0.15) is 0 Å². The Balaban J connectivity index is 1.60. The van der Waals surface area contributed by atoms with Gasteiger partial charge in [-0.15, -0.1) is 0 Å². The van der Waals surface area contributed by atoms with Crippen LogP contribution in [-0.4, -0.2) is 29.2 Å². The molecule has 1 aliphatic heterocycles. The van der Waals surface area contributed by atoms with E-state index >= 15 is 0 Å². The number of ether oxygens (including phenoxy) is 1. The van der Waals surface area contributed by atoms with E-state index in [2.05, 4.69) is 4.90 Å². The fourth-order valence-corrected chi connectivity index (χ4v) is 2.72. The first-order valence-corrected chi connectivity index (χ1v) is 7.72. The number of benzene rings is 2. The maximum Gasteiger partial charge on any atom is 0.133 e. The minimum Gasteiger partial charge on any atom is -0.457 e. The van der Waals surface area contributed by atoms with Gasteiger partial charge in [0.2, 0.25) is 0 Å². The topological polar surface area (TPSA) is 32.7 Å². The molecule has 0 saturated carbocycles. The summed E-state index contributed by atoms with van der Waals surface area (Å²) in [6, 6.07) is 10.6. The summed E-state index contributed by atoms with van der Waals surface area (Å²) in [5, 5.41) is 9.51. The Morgan fingerprint density at radius 3 is 2.17 bits per heavy atom. The maximum absolute atomic E-state index is 13.1. The van der Waals surface area contributed by atoms with Crippen molar-refractivity contribution in [3.8, 4) is 11.5 Å². The summed E-state index contributed by atoms with van der Waals surface area (Å²) in [7, 11) is 0.